The molecule has 0 radical (unpaired) electrons. The van der Waals surface area contributed by atoms with Gasteiger partial charge in [-0.25, -0.2) is 14.1 Å². The van der Waals surface area contributed by atoms with E-state index in [1.807, 2.05) is 10.1 Å². The van der Waals surface area contributed by atoms with Crippen LogP contribution < -0.4 is 5.32 Å². The Bertz CT molecular complexity index is 762. The smallest absolute Gasteiger partial charge is 0.210 e. The van der Waals surface area contributed by atoms with Gasteiger partial charge in [0.25, 0.3) is 0 Å². The lowest BCUT2D eigenvalue weighted by Crippen LogP contribution is -2.24. The highest BCUT2D eigenvalue weighted by Crippen LogP contribution is 2.30. The molecular formula is C15H13FN4S. The quantitative estimate of drug-likeness (QED) is 0.791. The minimum Gasteiger partial charge on any atom is -0.312 e. The van der Waals surface area contributed by atoms with E-state index in [1.54, 1.807) is 29.7 Å². The largest absolute Gasteiger partial charge is 0.312 e. The molecule has 0 unspecified atom stereocenters. The van der Waals surface area contributed by atoms with Gasteiger partial charge in [-0.05, 0) is 24.3 Å². The Labute approximate surface area is 125 Å². The van der Waals surface area contributed by atoms with Crippen LogP contribution in [0.5, 0.6) is 0 Å². The number of hydrogen-bond acceptors (Lipinski definition) is 4. The van der Waals surface area contributed by atoms with Gasteiger partial charge < -0.3 is 5.32 Å². The second kappa shape index (κ2) is 5.05. The number of aromatic nitrogens is 3. The number of benzene rings is 1. The van der Waals surface area contributed by atoms with Crippen molar-refractivity contribution in [2.24, 2.45) is 0 Å². The van der Waals surface area contributed by atoms with Crippen molar-refractivity contribution in [3.05, 3.63) is 52.9 Å². The summed E-state index contributed by atoms with van der Waals surface area (Å²) in [5, 5.41) is 10.9. The zero-order chi connectivity index (χ0) is 14.2. The van der Waals surface area contributed by atoms with Crippen molar-refractivity contribution in [2.75, 3.05) is 6.54 Å². The molecule has 2 aromatic heterocycles. The summed E-state index contributed by atoms with van der Waals surface area (Å²) in [6.07, 6.45) is 2.70. The van der Waals surface area contributed by atoms with Crippen LogP contribution in [0.4, 0.5) is 4.39 Å². The highest BCUT2D eigenvalue weighted by Gasteiger charge is 2.23. The number of nitrogens with one attached hydrogen (secondary N) is 1. The van der Waals surface area contributed by atoms with Gasteiger partial charge in [-0.3, -0.25) is 0 Å². The van der Waals surface area contributed by atoms with Gasteiger partial charge in [0.2, 0.25) is 5.13 Å². The molecule has 0 aliphatic carbocycles. The molecule has 0 spiro atoms. The molecule has 0 fully saturated rings. The average Bonchev–Trinajstić information content (AvgIpc) is 3.15. The van der Waals surface area contributed by atoms with Crippen LogP contribution in [-0.4, -0.2) is 21.3 Å². The van der Waals surface area contributed by atoms with Crippen molar-refractivity contribution < 1.29 is 4.39 Å². The number of thiazole rings is 1. The summed E-state index contributed by atoms with van der Waals surface area (Å²) in [5.74, 6) is -0.231. The molecular weight excluding hydrogens is 287 g/mol. The van der Waals surface area contributed by atoms with Gasteiger partial charge in [0, 0.05) is 42.2 Å². The third-order valence-corrected chi connectivity index (χ3v) is 4.40. The molecule has 1 aliphatic heterocycles. The van der Waals surface area contributed by atoms with Gasteiger partial charge in [0.05, 0.1) is 11.4 Å². The van der Waals surface area contributed by atoms with Crippen LogP contribution in [0.2, 0.25) is 0 Å². The van der Waals surface area contributed by atoms with Crippen LogP contribution in [0.25, 0.3) is 16.4 Å². The Morgan fingerprint density at radius 2 is 2.10 bits per heavy atom. The van der Waals surface area contributed by atoms with Gasteiger partial charge in [-0.2, -0.15) is 5.10 Å². The van der Waals surface area contributed by atoms with Crippen LogP contribution in [0.1, 0.15) is 11.3 Å². The topological polar surface area (TPSA) is 42.7 Å². The van der Waals surface area contributed by atoms with Gasteiger partial charge >= 0.3 is 0 Å². The van der Waals surface area contributed by atoms with E-state index in [4.69, 9.17) is 5.10 Å². The van der Waals surface area contributed by atoms with Crippen molar-refractivity contribution in [3.63, 3.8) is 0 Å². The lowest BCUT2D eigenvalue weighted by molar-refractivity contribution is 0.622. The molecule has 3 heterocycles. The van der Waals surface area contributed by atoms with Crippen molar-refractivity contribution in [1.82, 2.24) is 20.1 Å². The number of fused-ring (bicyclic) bond motifs is 1. The summed E-state index contributed by atoms with van der Waals surface area (Å²) < 4.78 is 15.1. The Balaban J connectivity index is 1.89. The number of hydrogen-bond donors (Lipinski definition) is 1. The van der Waals surface area contributed by atoms with E-state index in [0.717, 1.165) is 35.9 Å². The molecule has 3 aromatic rings. The molecule has 1 N–H and O–H groups in total. The zero-order valence-corrected chi connectivity index (χ0v) is 12.0. The fraction of sp³-hybridized carbons (Fsp3) is 0.200. The van der Waals surface area contributed by atoms with Gasteiger partial charge in [-0.15, -0.1) is 11.3 Å². The first-order chi connectivity index (χ1) is 10.3. The SMILES string of the molecule is Fc1ccc(-c2nn(-c3nccs3)c3c2CNCC3)cc1. The third kappa shape index (κ3) is 2.16. The molecule has 0 saturated carbocycles. The molecule has 0 atom stereocenters. The van der Waals surface area contributed by atoms with E-state index >= 15 is 0 Å². The van der Waals surface area contributed by atoms with E-state index in [-0.39, 0.29) is 5.82 Å². The van der Waals surface area contributed by atoms with Crippen LogP contribution in [0.15, 0.2) is 35.8 Å². The molecule has 0 saturated heterocycles. The number of halogens is 1. The molecule has 1 aromatic carbocycles. The molecule has 1 aliphatic rings. The fourth-order valence-electron chi connectivity index (χ4n) is 2.67. The molecule has 21 heavy (non-hydrogen) atoms. The summed E-state index contributed by atoms with van der Waals surface area (Å²) >= 11 is 1.57. The van der Waals surface area contributed by atoms with Gasteiger partial charge in [-0.1, -0.05) is 0 Å². The predicted octanol–water partition coefficient (Wildman–Crippen LogP) is 2.78. The maximum absolute atomic E-state index is 13.1. The first kappa shape index (κ1) is 12.7. The fourth-order valence-corrected chi connectivity index (χ4v) is 3.28. The first-order valence-corrected chi connectivity index (χ1v) is 7.68. The van der Waals surface area contributed by atoms with Crippen LogP contribution >= 0.6 is 11.3 Å². The maximum Gasteiger partial charge on any atom is 0.210 e. The van der Waals surface area contributed by atoms with Gasteiger partial charge in [0.1, 0.15) is 5.82 Å². The Morgan fingerprint density at radius 3 is 2.86 bits per heavy atom. The summed E-state index contributed by atoms with van der Waals surface area (Å²) in [7, 11) is 0. The molecule has 4 nitrogen and oxygen atoms in total. The monoisotopic (exact) mass is 300 g/mol. The minimum atomic E-state index is -0.231. The number of nitrogens with zero attached hydrogens (tertiary/aromatic N) is 3. The Morgan fingerprint density at radius 1 is 1.24 bits per heavy atom. The summed E-state index contributed by atoms with van der Waals surface area (Å²) in [5.41, 5.74) is 4.23. The van der Waals surface area contributed by atoms with E-state index in [1.165, 1.54) is 23.4 Å². The highest BCUT2D eigenvalue weighted by atomic mass is 32.1. The minimum absolute atomic E-state index is 0.231. The second-order valence-electron chi connectivity index (χ2n) is 4.93. The van der Waals surface area contributed by atoms with Crippen molar-refractivity contribution in [3.8, 4) is 16.4 Å². The van der Waals surface area contributed by atoms with Crippen LogP contribution in [0, 0.1) is 5.82 Å². The molecule has 6 heteroatoms. The molecule has 0 bridgehead atoms. The zero-order valence-electron chi connectivity index (χ0n) is 11.2. The van der Waals surface area contributed by atoms with E-state index in [0.29, 0.717) is 0 Å². The van der Waals surface area contributed by atoms with E-state index in [9.17, 15) is 4.39 Å². The highest BCUT2D eigenvalue weighted by molar-refractivity contribution is 7.12. The van der Waals surface area contributed by atoms with Crippen LogP contribution in [0.3, 0.4) is 0 Å². The summed E-state index contributed by atoms with van der Waals surface area (Å²) in [6, 6.07) is 6.50. The summed E-state index contributed by atoms with van der Waals surface area (Å²) in [4.78, 5) is 4.35. The maximum atomic E-state index is 13.1. The third-order valence-electron chi connectivity index (χ3n) is 3.65. The predicted molar refractivity (Wildman–Crippen MR) is 80.0 cm³/mol. The standard InChI is InChI=1S/C15H13FN4S/c16-11-3-1-10(2-4-11)14-12-9-17-6-5-13(12)20(19-14)15-18-7-8-21-15/h1-4,7-8,17H,5-6,9H2. The number of rotatable bonds is 2. The van der Waals surface area contributed by atoms with E-state index < -0.39 is 0 Å². The average molecular weight is 300 g/mol. The molecule has 0 amide bonds. The molecule has 106 valence electrons. The second-order valence-corrected chi connectivity index (χ2v) is 5.81. The molecule has 4 rings (SSSR count). The summed E-state index contributed by atoms with van der Waals surface area (Å²) in [6.45, 7) is 1.72. The van der Waals surface area contributed by atoms with Crippen LogP contribution in [-0.2, 0) is 13.0 Å². The van der Waals surface area contributed by atoms with Crippen molar-refractivity contribution >= 4 is 11.3 Å². The van der Waals surface area contributed by atoms with Crippen molar-refractivity contribution in [2.45, 2.75) is 13.0 Å². The van der Waals surface area contributed by atoms with Crippen molar-refractivity contribution in [1.29, 1.82) is 0 Å². The Hall–Kier alpha value is -2.05. The Kier molecular flexibility index (Phi) is 3.05. The van der Waals surface area contributed by atoms with E-state index in [2.05, 4.69) is 10.3 Å². The lowest BCUT2D eigenvalue weighted by atomic mass is 10.0. The first-order valence-electron chi connectivity index (χ1n) is 6.80. The van der Waals surface area contributed by atoms with Gasteiger partial charge in [0.15, 0.2) is 0 Å². The normalized spacial score (nSPS) is 14.1. The lowest BCUT2D eigenvalue weighted by Gasteiger charge is -2.14.